The van der Waals surface area contributed by atoms with Crippen molar-refractivity contribution in [1.29, 1.82) is 0 Å². The van der Waals surface area contributed by atoms with Gasteiger partial charge in [0.15, 0.2) is 0 Å². The van der Waals surface area contributed by atoms with Crippen LogP contribution in [-0.4, -0.2) is 36.1 Å². The number of esters is 1. The third kappa shape index (κ3) is 4.21. The van der Waals surface area contributed by atoms with Crippen LogP contribution in [0.1, 0.15) is 68.7 Å². The zero-order chi connectivity index (χ0) is 20.4. The lowest BCUT2D eigenvalue weighted by atomic mass is 9.64. The van der Waals surface area contributed by atoms with Gasteiger partial charge in [0.25, 0.3) is 11.8 Å². The molecule has 0 aromatic heterocycles. The van der Waals surface area contributed by atoms with Crippen molar-refractivity contribution >= 4 is 17.8 Å². The summed E-state index contributed by atoms with van der Waals surface area (Å²) in [5, 5.41) is 0.732. The molecule has 1 atom stereocenters. The van der Waals surface area contributed by atoms with E-state index < -0.39 is 17.2 Å². The van der Waals surface area contributed by atoms with Crippen molar-refractivity contribution in [3.63, 3.8) is 0 Å². The molecule has 2 rings (SSSR count). The van der Waals surface area contributed by atoms with Crippen LogP contribution in [0.25, 0.3) is 0 Å². The van der Waals surface area contributed by atoms with Crippen LogP contribution in [-0.2, 0) is 14.4 Å². The molecule has 1 unspecified atom stereocenters. The zero-order valence-corrected chi connectivity index (χ0v) is 17.0. The van der Waals surface area contributed by atoms with Crippen LogP contribution in [0.3, 0.4) is 0 Å². The lowest BCUT2D eigenvalue weighted by Crippen LogP contribution is -2.43. The van der Waals surface area contributed by atoms with Crippen molar-refractivity contribution in [3.05, 3.63) is 35.4 Å². The number of benzene rings is 1. The van der Waals surface area contributed by atoms with Gasteiger partial charge in [0.05, 0.1) is 16.5 Å². The van der Waals surface area contributed by atoms with Gasteiger partial charge in [0, 0.05) is 0 Å². The Morgan fingerprint density at radius 2 is 1.52 bits per heavy atom. The highest BCUT2D eigenvalue weighted by Gasteiger charge is 2.45. The van der Waals surface area contributed by atoms with Crippen molar-refractivity contribution in [3.8, 4) is 0 Å². The fourth-order valence-electron chi connectivity index (χ4n) is 3.22. The first kappa shape index (κ1) is 21.1. The molecule has 0 saturated carbocycles. The molecule has 1 aliphatic rings. The molecular formula is C21H29NO5. The van der Waals surface area contributed by atoms with Gasteiger partial charge in [-0.3, -0.25) is 19.2 Å². The third-order valence-electron chi connectivity index (χ3n) is 5.22. The van der Waals surface area contributed by atoms with Crippen LogP contribution in [0.5, 0.6) is 0 Å². The normalized spacial score (nSPS) is 16.5. The monoisotopic (exact) mass is 375 g/mol. The van der Waals surface area contributed by atoms with E-state index in [4.69, 9.17) is 9.57 Å². The Bertz CT molecular complexity index is 699. The van der Waals surface area contributed by atoms with Gasteiger partial charge in [-0.15, -0.1) is 5.06 Å². The van der Waals surface area contributed by atoms with Crippen molar-refractivity contribution in [1.82, 2.24) is 5.06 Å². The van der Waals surface area contributed by atoms with Gasteiger partial charge >= 0.3 is 5.97 Å². The minimum absolute atomic E-state index is 0.0317. The van der Waals surface area contributed by atoms with E-state index in [2.05, 4.69) is 13.8 Å². The van der Waals surface area contributed by atoms with Gasteiger partial charge in [-0.05, 0) is 36.8 Å². The fourth-order valence-corrected chi connectivity index (χ4v) is 3.22. The van der Waals surface area contributed by atoms with E-state index in [1.807, 2.05) is 27.7 Å². The molecule has 0 spiro atoms. The number of hydroxylamine groups is 2. The Hall–Kier alpha value is -2.21. The topological polar surface area (TPSA) is 72.9 Å². The molecule has 6 nitrogen and oxygen atoms in total. The number of amides is 2. The minimum Gasteiger partial charge on any atom is -0.463 e. The highest BCUT2D eigenvalue weighted by Crippen LogP contribution is 2.44. The summed E-state index contributed by atoms with van der Waals surface area (Å²) < 4.78 is 5.43. The molecule has 1 heterocycles. The predicted octanol–water partition coefficient (Wildman–Crippen LogP) is 3.86. The Morgan fingerprint density at radius 3 is 1.96 bits per heavy atom. The first-order valence-electron chi connectivity index (χ1n) is 9.27. The van der Waals surface area contributed by atoms with E-state index >= 15 is 0 Å². The lowest BCUT2D eigenvalue weighted by Gasteiger charge is -2.40. The summed E-state index contributed by atoms with van der Waals surface area (Å²) >= 11 is 0. The molecule has 1 aliphatic heterocycles. The number of hydrogen-bond acceptors (Lipinski definition) is 5. The summed E-state index contributed by atoms with van der Waals surface area (Å²) in [6, 6.07) is 6.55. The van der Waals surface area contributed by atoms with E-state index in [-0.39, 0.29) is 24.6 Å². The van der Waals surface area contributed by atoms with Crippen LogP contribution in [0, 0.1) is 16.7 Å². The van der Waals surface area contributed by atoms with Gasteiger partial charge in [-0.1, -0.05) is 46.8 Å². The number of fused-ring (bicyclic) bond motifs is 1. The molecule has 1 aromatic carbocycles. The Balaban J connectivity index is 1.92. The second-order valence-electron chi connectivity index (χ2n) is 8.60. The lowest BCUT2D eigenvalue weighted by molar-refractivity contribution is -0.168. The van der Waals surface area contributed by atoms with Crippen LogP contribution in [0.2, 0.25) is 0 Å². The fraction of sp³-hybridized carbons (Fsp3) is 0.571. The maximum atomic E-state index is 12.7. The predicted molar refractivity (Wildman–Crippen MR) is 101 cm³/mol. The van der Waals surface area contributed by atoms with Crippen molar-refractivity contribution in [2.45, 2.75) is 48.0 Å². The molecule has 148 valence electrons. The summed E-state index contributed by atoms with van der Waals surface area (Å²) in [5.41, 5.74) is -0.275. The molecular weight excluding hydrogens is 346 g/mol. The van der Waals surface area contributed by atoms with Crippen LogP contribution in [0.4, 0.5) is 0 Å². The van der Waals surface area contributed by atoms with E-state index in [0.717, 1.165) is 5.06 Å². The molecule has 2 amide bonds. The highest BCUT2D eigenvalue weighted by atomic mass is 16.7. The molecule has 6 heteroatoms. The second kappa shape index (κ2) is 7.80. The van der Waals surface area contributed by atoms with Gasteiger partial charge in [-0.25, -0.2) is 0 Å². The van der Waals surface area contributed by atoms with E-state index in [0.29, 0.717) is 23.5 Å². The second-order valence-corrected chi connectivity index (χ2v) is 8.60. The minimum atomic E-state index is -0.642. The molecule has 0 bridgehead atoms. The SMILES string of the molecule is CC(C)CC(C)(C(=O)OCCON1C(=O)c2ccccc2C1=O)C(C)(C)C. The highest BCUT2D eigenvalue weighted by molar-refractivity contribution is 6.20. The molecule has 0 N–H and O–H groups in total. The number of rotatable bonds is 7. The average molecular weight is 375 g/mol. The summed E-state index contributed by atoms with van der Waals surface area (Å²) in [5.74, 6) is -0.950. The Kier molecular flexibility index (Phi) is 6.10. The van der Waals surface area contributed by atoms with Crippen molar-refractivity contribution < 1.29 is 24.0 Å². The summed E-state index contributed by atoms with van der Waals surface area (Å²) in [7, 11) is 0. The summed E-state index contributed by atoms with van der Waals surface area (Å²) in [6.45, 7) is 12.0. The van der Waals surface area contributed by atoms with Crippen molar-refractivity contribution in [2.24, 2.45) is 16.7 Å². The summed E-state index contributed by atoms with van der Waals surface area (Å²) in [6.07, 6.45) is 0.703. The van der Waals surface area contributed by atoms with E-state index in [1.54, 1.807) is 24.3 Å². The number of carbonyl (C=O) groups excluding carboxylic acids is 3. The van der Waals surface area contributed by atoms with Crippen LogP contribution >= 0.6 is 0 Å². The van der Waals surface area contributed by atoms with Gasteiger partial charge in [-0.2, -0.15) is 0 Å². The maximum Gasteiger partial charge on any atom is 0.312 e. The maximum absolute atomic E-state index is 12.7. The molecule has 0 aliphatic carbocycles. The van der Waals surface area contributed by atoms with Gasteiger partial charge in [0.2, 0.25) is 0 Å². The molecule has 27 heavy (non-hydrogen) atoms. The van der Waals surface area contributed by atoms with Crippen LogP contribution in [0.15, 0.2) is 24.3 Å². The molecule has 0 radical (unpaired) electrons. The molecule has 0 saturated heterocycles. The molecule has 0 fully saturated rings. The van der Waals surface area contributed by atoms with Crippen molar-refractivity contribution in [2.75, 3.05) is 13.2 Å². The number of imide groups is 1. The molecule has 1 aromatic rings. The first-order chi connectivity index (χ1) is 12.5. The average Bonchev–Trinajstić information content (AvgIpc) is 2.81. The summed E-state index contributed by atoms with van der Waals surface area (Å²) in [4.78, 5) is 42.5. The number of hydrogen-bond donors (Lipinski definition) is 0. The smallest absolute Gasteiger partial charge is 0.312 e. The third-order valence-corrected chi connectivity index (χ3v) is 5.22. The van der Waals surface area contributed by atoms with E-state index in [1.165, 1.54) is 0 Å². The van der Waals surface area contributed by atoms with E-state index in [9.17, 15) is 14.4 Å². The number of ether oxygens (including phenoxy) is 1. The quantitative estimate of drug-likeness (QED) is 0.411. The largest absolute Gasteiger partial charge is 0.463 e. The van der Waals surface area contributed by atoms with Crippen LogP contribution < -0.4 is 0 Å². The Morgan fingerprint density at radius 1 is 1.00 bits per heavy atom. The number of nitrogens with zero attached hydrogens (tertiary/aromatic N) is 1. The van der Waals surface area contributed by atoms with Gasteiger partial charge in [0.1, 0.15) is 13.2 Å². The standard InChI is InChI=1S/C21H29NO5/c1-14(2)13-21(6,20(3,4)5)19(25)26-11-12-27-22-17(23)15-9-7-8-10-16(15)18(22)24/h7-10,14H,11-13H2,1-6H3. The first-order valence-corrected chi connectivity index (χ1v) is 9.27. The van der Waals surface area contributed by atoms with Gasteiger partial charge < -0.3 is 4.74 Å². The number of carbonyl (C=O) groups is 3. The Labute approximate surface area is 160 Å². The zero-order valence-electron chi connectivity index (χ0n) is 17.0.